The summed E-state index contributed by atoms with van der Waals surface area (Å²) in [5.74, 6) is 0.0646. The van der Waals surface area contributed by atoms with Gasteiger partial charge in [-0.2, -0.15) is 10.4 Å². The zero-order valence-corrected chi connectivity index (χ0v) is 17.6. The number of nitrogens with zero attached hydrogens (tertiary/aromatic N) is 5. The molecular formula is C21H25ClN6O. The molecular weight excluding hydrogens is 388 g/mol. The predicted molar refractivity (Wildman–Crippen MR) is 112 cm³/mol. The van der Waals surface area contributed by atoms with Gasteiger partial charge in [0.15, 0.2) is 0 Å². The highest BCUT2D eigenvalue weighted by molar-refractivity contribution is 6.32. The Labute approximate surface area is 176 Å². The van der Waals surface area contributed by atoms with Crippen LogP contribution in [0.15, 0.2) is 24.4 Å². The first-order valence-electron chi connectivity index (χ1n) is 9.82. The van der Waals surface area contributed by atoms with Gasteiger partial charge in [-0.3, -0.25) is 4.79 Å². The van der Waals surface area contributed by atoms with Crippen LogP contribution in [-0.2, 0) is 0 Å². The van der Waals surface area contributed by atoms with Crippen LogP contribution in [0.2, 0.25) is 5.02 Å². The molecule has 1 aliphatic carbocycles. The highest BCUT2D eigenvalue weighted by Gasteiger charge is 2.26. The Morgan fingerprint density at radius 3 is 2.55 bits per heavy atom. The molecule has 1 aliphatic rings. The summed E-state index contributed by atoms with van der Waals surface area (Å²) in [5, 5.41) is 20.5. The summed E-state index contributed by atoms with van der Waals surface area (Å²) in [6, 6.07) is 8.04. The zero-order valence-electron chi connectivity index (χ0n) is 16.9. The molecule has 1 aromatic heterocycles. The van der Waals surface area contributed by atoms with Crippen molar-refractivity contribution >= 4 is 23.2 Å². The minimum atomic E-state index is -0.275. The van der Waals surface area contributed by atoms with E-state index in [1.54, 1.807) is 12.3 Å². The molecule has 1 N–H and O–H groups in total. The van der Waals surface area contributed by atoms with Crippen molar-refractivity contribution in [3.8, 4) is 6.07 Å². The molecule has 152 valence electrons. The van der Waals surface area contributed by atoms with Crippen LogP contribution in [-0.4, -0.2) is 40.2 Å². The van der Waals surface area contributed by atoms with Gasteiger partial charge in [0.1, 0.15) is 6.07 Å². The van der Waals surface area contributed by atoms with Gasteiger partial charge in [0.2, 0.25) is 5.82 Å². The van der Waals surface area contributed by atoms with Crippen LogP contribution in [0.4, 0.5) is 5.69 Å². The normalized spacial score (nSPS) is 18.9. The zero-order chi connectivity index (χ0) is 21.0. The second-order valence-corrected chi connectivity index (χ2v) is 8.13. The molecule has 0 atom stereocenters. The summed E-state index contributed by atoms with van der Waals surface area (Å²) in [7, 11) is 2.04. The molecule has 1 amide bonds. The van der Waals surface area contributed by atoms with Crippen LogP contribution in [0.3, 0.4) is 0 Å². The van der Waals surface area contributed by atoms with Crippen molar-refractivity contribution in [1.29, 1.82) is 5.26 Å². The van der Waals surface area contributed by atoms with Crippen LogP contribution in [0, 0.1) is 11.3 Å². The maximum Gasteiger partial charge on any atom is 0.291 e. The molecule has 8 heteroatoms. The van der Waals surface area contributed by atoms with Crippen molar-refractivity contribution < 1.29 is 4.79 Å². The van der Waals surface area contributed by atoms with E-state index < -0.39 is 0 Å². The standard InChI is InChI=1S/C21H25ClN6O/c1-13(2)19-12-24-20(27-26-19)21(29)25-15-5-8-16(9-6-15)28(3)17-7-4-14(11-23)18(22)10-17/h4,7,10,12-13,15-16H,5-6,8-9H2,1-3H3,(H,25,29). The van der Waals surface area contributed by atoms with Gasteiger partial charge in [0, 0.05) is 24.8 Å². The Morgan fingerprint density at radius 2 is 2.00 bits per heavy atom. The van der Waals surface area contributed by atoms with Gasteiger partial charge in [0.25, 0.3) is 5.91 Å². The number of nitrogens with one attached hydrogen (secondary N) is 1. The lowest BCUT2D eigenvalue weighted by atomic mass is 9.90. The number of rotatable bonds is 5. The van der Waals surface area contributed by atoms with Crippen molar-refractivity contribution in [2.24, 2.45) is 0 Å². The molecule has 0 aliphatic heterocycles. The van der Waals surface area contributed by atoms with E-state index in [1.807, 2.05) is 33.0 Å². The van der Waals surface area contributed by atoms with Gasteiger partial charge >= 0.3 is 0 Å². The first-order chi connectivity index (χ1) is 13.9. The lowest BCUT2D eigenvalue weighted by Gasteiger charge is -2.36. The van der Waals surface area contributed by atoms with Gasteiger partial charge in [-0.25, -0.2) is 4.98 Å². The third-order valence-corrected chi connectivity index (χ3v) is 5.75. The molecule has 1 saturated carbocycles. The van der Waals surface area contributed by atoms with Gasteiger partial charge in [0.05, 0.1) is 22.5 Å². The SMILES string of the molecule is CC(C)c1cnc(C(=O)NC2CCC(N(C)c3ccc(C#N)c(Cl)c3)CC2)nn1. The molecule has 1 heterocycles. The number of hydrogen-bond donors (Lipinski definition) is 1. The number of amides is 1. The number of halogens is 1. The van der Waals surface area contributed by atoms with E-state index in [0.717, 1.165) is 37.1 Å². The summed E-state index contributed by atoms with van der Waals surface area (Å²) in [6.07, 6.45) is 5.26. The molecule has 7 nitrogen and oxygen atoms in total. The summed E-state index contributed by atoms with van der Waals surface area (Å²) >= 11 is 6.16. The number of aromatic nitrogens is 3. The van der Waals surface area contributed by atoms with Gasteiger partial charge < -0.3 is 10.2 Å². The van der Waals surface area contributed by atoms with E-state index in [9.17, 15) is 4.79 Å². The summed E-state index contributed by atoms with van der Waals surface area (Å²) in [5.41, 5.74) is 2.24. The van der Waals surface area contributed by atoms with E-state index in [0.29, 0.717) is 16.6 Å². The number of carbonyl (C=O) groups is 1. The average molecular weight is 413 g/mol. The highest BCUT2D eigenvalue weighted by atomic mass is 35.5. The fourth-order valence-electron chi connectivity index (χ4n) is 3.53. The molecule has 2 aromatic rings. The van der Waals surface area contributed by atoms with Gasteiger partial charge in [-0.15, -0.1) is 5.10 Å². The van der Waals surface area contributed by atoms with E-state index in [1.165, 1.54) is 0 Å². The Balaban J connectivity index is 1.54. The number of carbonyl (C=O) groups excluding carboxylic acids is 1. The molecule has 29 heavy (non-hydrogen) atoms. The largest absolute Gasteiger partial charge is 0.372 e. The maximum atomic E-state index is 12.4. The number of hydrogen-bond acceptors (Lipinski definition) is 6. The fourth-order valence-corrected chi connectivity index (χ4v) is 3.75. The van der Waals surface area contributed by atoms with Crippen LogP contribution in [0.25, 0.3) is 0 Å². The number of nitriles is 1. The minimum absolute atomic E-state index is 0.102. The van der Waals surface area contributed by atoms with Crippen molar-refractivity contribution in [2.75, 3.05) is 11.9 Å². The molecule has 3 rings (SSSR count). The smallest absolute Gasteiger partial charge is 0.291 e. The molecule has 0 radical (unpaired) electrons. The second-order valence-electron chi connectivity index (χ2n) is 7.73. The van der Waals surface area contributed by atoms with Crippen molar-refractivity contribution in [3.05, 3.63) is 46.5 Å². The first-order valence-corrected chi connectivity index (χ1v) is 10.2. The third-order valence-electron chi connectivity index (χ3n) is 5.43. The molecule has 1 fully saturated rings. The van der Waals surface area contributed by atoms with Crippen molar-refractivity contribution in [3.63, 3.8) is 0 Å². The quantitative estimate of drug-likeness (QED) is 0.804. The summed E-state index contributed by atoms with van der Waals surface area (Å²) < 4.78 is 0. The number of benzene rings is 1. The van der Waals surface area contributed by atoms with Gasteiger partial charge in [-0.05, 0) is 49.8 Å². The van der Waals surface area contributed by atoms with Crippen LogP contribution in [0.1, 0.15) is 67.3 Å². The molecule has 0 saturated heterocycles. The Morgan fingerprint density at radius 1 is 1.28 bits per heavy atom. The Bertz CT molecular complexity index is 900. The first kappa shape index (κ1) is 21.0. The van der Waals surface area contributed by atoms with Crippen molar-refractivity contribution in [1.82, 2.24) is 20.5 Å². The average Bonchev–Trinajstić information content (AvgIpc) is 2.73. The monoisotopic (exact) mass is 412 g/mol. The highest BCUT2D eigenvalue weighted by Crippen LogP contribution is 2.29. The Kier molecular flexibility index (Phi) is 6.65. The van der Waals surface area contributed by atoms with E-state index in [-0.39, 0.29) is 23.7 Å². The fraction of sp³-hybridized carbons (Fsp3) is 0.476. The molecule has 1 aromatic carbocycles. The minimum Gasteiger partial charge on any atom is -0.372 e. The van der Waals surface area contributed by atoms with Crippen LogP contribution < -0.4 is 10.2 Å². The topological polar surface area (TPSA) is 94.8 Å². The second kappa shape index (κ2) is 9.19. The molecule has 0 spiro atoms. The lowest BCUT2D eigenvalue weighted by Crippen LogP contribution is -2.43. The lowest BCUT2D eigenvalue weighted by molar-refractivity contribution is 0.0913. The van der Waals surface area contributed by atoms with Crippen molar-refractivity contribution in [2.45, 2.75) is 57.5 Å². The summed E-state index contributed by atoms with van der Waals surface area (Å²) in [6.45, 7) is 4.01. The van der Waals surface area contributed by atoms with E-state index in [4.69, 9.17) is 16.9 Å². The van der Waals surface area contributed by atoms with Crippen LogP contribution >= 0.6 is 11.6 Å². The van der Waals surface area contributed by atoms with E-state index in [2.05, 4.69) is 31.5 Å². The van der Waals surface area contributed by atoms with Gasteiger partial charge in [-0.1, -0.05) is 25.4 Å². The number of anilines is 1. The molecule has 0 unspecified atom stereocenters. The maximum absolute atomic E-state index is 12.4. The third kappa shape index (κ3) is 5.01. The van der Waals surface area contributed by atoms with Crippen LogP contribution in [0.5, 0.6) is 0 Å². The predicted octanol–water partition coefficient (Wildman–Crippen LogP) is 3.70. The Hall–Kier alpha value is -2.72. The summed E-state index contributed by atoms with van der Waals surface area (Å²) in [4.78, 5) is 18.7. The molecule has 0 bridgehead atoms. The van der Waals surface area contributed by atoms with E-state index >= 15 is 0 Å².